The summed E-state index contributed by atoms with van der Waals surface area (Å²) >= 11 is 0. The maximum atomic E-state index is 13.1. The molecular formula is C20H21N3O3S. The Morgan fingerprint density at radius 1 is 1.04 bits per heavy atom. The molecule has 0 amide bonds. The number of ether oxygens (including phenoxy) is 1. The standard InChI is InChI=1S/C20H21N3O3S/c1-22-19-12-13-23(27(24,25)17-10-8-16(26-2)9-11-17)14-18(19)20(21-22)15-6-4-3-5-7-15/h3-11H,12-14H2,1-2H3. The van der Waals surface area contributed by atoms with Crippen molar-refractivity contribution in [3.63, 3.8) is 0 Å². The Morgan fingerprint density at radius 3 is 2.41 bits per heavy atom. The van der Waals surface area contributed by atoms with E-state index in [1.54, 1.807) is 31.4 Å². The van der Waals surface area contributed by atoms with Gasteiger partial charge in [-0.25, -0.2) is 8.42 Å². The molecule has 0 spiro atoms. The van der Waals surface area contributed by atoms with E-state index in [1.165, 1.54) is 4.31 Å². The average Bonchev–Trinajstić information content (AvgIpc) is 3.05. The molecule has 2 heterocycles. The number of fused-ring (bicyclic) bond motifs is 1. The monoisotopic (exact) mass is 383 g/mol. The van der Waals surface area contributed by atoms with Gasteiger partial charge in [0.2, 0.25) is 10.0 Å². The van der Waals surface area contributed by atoms with Gasteiger partial charge < -0.3 is 4.74 Å². The number of benzene rings is 2. The molecule has 27 heavy (non-hydrogen) atoms. The predicted molar refractivity (Wildman–Crippen MR) is 103 cm³/mol. The molecule has 1 aromatic heterocycles. The minimum Gasteiger partial charge on any atom is -0.497 e. The Kier molecular flexibility index (Phi) is 4.49. The highest BCUT2D eigenvalue weighted by Gasteiger charge is 2.32. The number of hydrogen-bond donors (Lipinski definition) is 0. The number of aryl methyl sites for hydroxylation is 1. The molecule has 6 nitrogen and oxygen atoms in total. The number of aromatic nitrogens is 2. The molecule has 1 aliphatic rings. The van der Waals surface area contributed by atoms with E-state index in [9.17, 15) is 8.42 Å². The van der Waals surface area contributed by atoms with Gasteiger partial charge in [-0.15, -0.1) is 0 Å². The minimum absolute atomic E-state index is 0.275. The zero-order valence-corrected chi connectivity index (χ0v) is 16.1. The van der Waals surface area contributed by atoms with E-state index in [-0.39, 0.29) is 4.90 Å². The van der Waals surface area contributed by atoms with Crippen molar-refractivity contribution in [1.29, 1.82) is 0 Å². The van der Waals surface area contributed by atoms with Gasteiger partial charge in [-0.3, -0.25) is 4.68 Å². The van der Waals surface area contributed by atoms with E-state index in [2.05, 4.69) is 5.10 Å². The van der Waals surface area contributed by atoms with Crippen LogP contribution in [0.3, 0.4) is 0 Å². The molecule has 0 unspecified atom stereocenters. The molecule has 0 bridgehead atoms. The Labute approximate surface area is 159 Å². The molecule has 0 saturated heterocycles. The first-order chi connectivity index (χ1) is 13.0. The fourth-order valence-electron chi connectivity index (χ4n) is 3.50. The summed E-state index contributed by atoms with van der Waals surface area (Å²) in [6.45, 7) is 0.761. The average molecular weight is 383 g/mol. The molecule has 1 aliphatic heterocycles. The van der Waals surface area contributed by atoms with E-state index in [1.807, 2.05) is 42.1 Å². The lowest BCUT2D eigenvalue weighted by Gasteiger charge is -2.27. The number of hydrogen-bond acceptors (Lipinski definition) is 4. The van der Waals surface area contributed by atoms with Crippen LogP contribution in [-0.2, 0) is 30.0 Å². The topological polar surface area (TPSA) is 64.4 Å². The van der Waals surface area contributed by atoms with Crippen LogP contribution in [0.2, 0.25) is 0 Å². The van der Waals surface area contributed by atoms with E-state index >= 15 is 0 Å². The van der Waals surface area contributed by atoms with Crippen LogP contribution in [0.15, 0.2) is 59.5 Å². The molecule has 0 radical (unpaired) electrons. The highest BCUT2D eigenvalue weighted by Crippen LogP contribution is 2.32. The predicted octanol–water partition coefficient (Wildman–Crippen LogP) is 2.84. The highest BCUT2D eigenvalue weighted by atomic mass is 32.2. The molecule has 0 saturated carbocycles. The maximum Gasteiger partial charge on any atom is 0.243 e. The Bertz CT molecular complexity index is 1060. The lowest BCUT2D eigenvalue weighted by atomic mass is 10.0. The first-order valence-corrected chi connectivity index (χ1v) is 10.2. The van der Waals surface area contributed by atoms with Crippen molar-refractivity contribution in [1.82, 2.24) is 14.1 Å². The van der Waals surface area contributed by atoms with Crippen LogP contribution in [0, 0.1) is 0 Å². The summed E-state index contributed by atoms with van der Waals surface area (Å²) in [4.78, 5) is 0.275. The lowest BCUT2D eigenvalue weighted by molar-refractivity contribution is 0.386. The van der Waals surface area contributed by atoms with Crippen molar-refractivity contribution >= 4 is 10.0 Å². The van der Waals surface area contributed by atoms with Gasteiger partial charge in [0.05, 0.1) is 17.7 Å². The van der Waals surface area contributed by atoms with Crippen molar-refractivity contribution in [3.8, 4) is 17.0 Å². The largest absolute Gasteiger partial charge is 0.497 e. The number of nitrogens with zero attached hydrogens (tertiary/aromatic N) is 3. The van der Waals surface area contributed by atoms with Gasteiger partial charge in [0.25, 0.3) is 0 Å². The second kappa shape index (κ2) is 6.83. The summed E-state index contributed by atoms with van der Waals surface area (Å²) in [5.74, 6) is 0.633. The number of sulfonamides is 1. The van der Waals surface area contributed by atoms with Crippen LogP contribution in [0.4, 0.5) is 0 Å². The third kappa shape index (κ3) is 3.13. The van der Waals surface area contributed by atoms with Gasteiger partial charge in [0.15, 0.2) is 0 Å². The van der Waals surface area contributed by atoms with Crippen molar-refractivity contribution < 1.29 is 13.2 Å². The molecule has 0 N–H and O–H groups in total. The molecule has 0 fully saturated rings. The van der Waals surface area contributed by atoms with E-state index in [4.69, 9.17) is 4.74 Å². The van der Waals surface area contributed by atoms with Gasteiger partial charge in [-0.2, -0.15) is 9.40 Å². The fourth-order valence-corrected chi connectivity index (χ4v) is 4.91. The van der Waals surface area contributed by atoms with E-state index < -0.39 is 10.0 Å². The van der Waals surface area contributed by atoms with Gasteiger partial charge in [0, 0.05) is 43.4 Å². The van der Waals surface area contributed by atoms with Gasteiger partial charge in [0.1, 0.15) is 5.75 Å². The van der Waals surface area contributed by atoms with Crippen molar-refractivity contribution in [2.24, 2.45) is 7.05 Å². The van der Waals surface area contributed by atoms with Crippen molar-refractivity contribution in [3.05, 3.63) is 65.9 Å². The van der Waals surface area contributed by atoms with E-state index in [0.29, 0.717) is 25.3 Å². The second-order valence-electron chi connectivity index (χ2n) is 6.53. The molecule has 0 aliphatic carbocycles. The van der Waals surface area contributed by atoms with Crippen molar-refractivity contribution in [2.45, 2.75) is 17.9 Å². The minimum atomic E-state index is -3.58. The molecular weight excluding hydrogens is 362 g/mol. The van der Waals surface area contributed by atoms with Gasteiger partial charge >= 0.3 is 0 Å². The van der Waals surface area contributed by atoms with Crippen LogP contribution < -0.4 is 4.74 Å². The zero-order chi connectivity index (χ0) is 19.0. The van der Waals surface area contributed by atoms with Crippen LogP contribution in [0.1, 0.15) is 11.3 Å². The molecule has 0 atom stereocenters. The van der Waals surface area contributed by atoms with Crippen LogP contribution in [0.5, 0.6) is 5.75 Å². The molecule has 7 heteroatoms. The maximum absolute atomic E-state index is 13.1. The summed E-state index contributed by atoms with van der Waals surface area (Å²) in [5, 5.41) is 4.65. The van der Waals surface area contributed by atoms with Crippen LogP contribution >= 0.6 is 0 Å². The van der Waals surface area contributed by atoms with Gasteiger partial charge in [-0.1, -0.05) is 30.3 Å². The molecule has 3 aromatic rings. The Balaban J connectivity index is 1.70. The first-order valence-electron chi connectivity index (χ1n) is 8.75. The summed E-state index contributed by atoms with van der Waals surface area (Å²) in [6.07, 6.45) is 0.640. The quantitative estimate of drug-likeness (QED) is 0.695. The third-order valence-corrected chi connectivity index (χ3v) is 6.81. The van der Waals surface area contributed by atoms with Gasteiger partial charge in [-0.05, 0) is 24.3 Å². The summed E-state index contributed by atoms with van der Waals surface area (Å²) in [5.41, 5.74) is 3.92. The Hall–Kier alpha value is -2.64. The number of methoxy groups -OCH3 is 1. The molecule has 140 valence electrons. The smallest absolute Gasteiger partial charge is 0.243 e. The summed E-state index contributed by atoms with van der Waals surface area (Å²) < 4.78 is 34.7. The zero-order valence-electron chi connectivity index (χ0n) is 15.3. The first kappa shape index (κ1) is 17.8. The molecule has 4 rings (SSSR count). The highest BCUT2D eigenvalue weighted by molar-refractivity contribution is 7.89. The fraction of sp³-hybridized carbons (Fsp3) is 0.250. The summed E-state index contributed by atoms with van der Waals surface area (Å²) in [6, 6.07) is 16.4. The normalized spacial score (nSPS) is 14.7. The molecule has 2 aromatic carbocycles. The van der Waals surface area contributed by atoms with Crippen LogP contribution in [0.25, 0.3) is 11.3 Å². The lowest BCUT2D eigenvalue weighted by Crippen LogP contribution is -2.36. The number of rotatable bonds is 4. The third-order valence-electron chi connectivity index (χ3n) is 4.95. The second-order valence-corrected chi connectivity index (χ2v) is 8.47. The Morgan fingerprint density at radius 2 is 1.74 bits per heavy atom. The summed E-state index contributed by atoms with van der Waals surface area (Å²) in [7, 11) is -0.104. The van der Waals surface area contributed by atoms with E-state index in [0.717, 1.165) is 22.5 Å². The van der Waals surface area contributed by atoms with Crippen LogP contribution in [-0.4, -0.2) is 36.2 Å². The SMILES string of the molecule is COc1ccc(S(=O)(=O)N2CCc3c(c(-c4ccccc4)nn3C)C2)cc1. The van der Waals surface area contributed by atoms with Crippen molar-refractivity contribution in [2.75, 3.05) is 13.7 Å².